The van der Waals surface area contributed by atoms with Crippen molar-refractivity contribution in [1.29, 1.82) is 0 Å². The first kappa shape index (κ1) is 57.6. The van der Waals surface area contributed by atoms with Crippen molar-refractivity contribution in [3.63, 3.8) is 0 Å². The Bertz CT molecular complexity index is 3150. The van der Waals surface area contributed by atoms with Gasteiger partial charge >= 0.3 is 0 Å². The summed E-state index contributed by atoms with van der Waals surface area (Å²) in [5.74, 6) is -3.09. The molecule has 3 heterocycles. The fraction of sp³-hybridized carbons (Fsp3) is 0.397. The number of nitrogens with one attached hydrogen (secondary N) is 2. The van der Waals surface area contributed by atoms with E-state index < -0.39 is 58.4 Å². The number of rotatable bonds is 25. The molecule has 5 N–H and O–H groups in total. The van der Waals surface area contributed by atoms with Gasteiger partial charge in [0.15, 0.2) is 23.1 Å². The van der Waals surface area contributed by atoms with Gasteiger partial charge in [0.1, 0.15) is 29.1 Å². The van der Waals surface area contributed by atoms with E-state index in [9.17, 15) is 33.5 Å². The summed E-state index contributed by atoms with van der Waals surface area (Å²) < 4.78 is 58.9. The van der Waals surface area contributed by atoms with Gasteiger partial charge in [-0.3, -0.25) is 33.9 Å². The summed E-state index contributed by atoms with van der Waals surface area (Å²) in [5, 5.41) is 16.9. The molecule has 8 rings (SSSR count). The molecule has 21 heteroatoms. The molecule has 2 aromatic heterocycles. The van der Waals surface area contributed by atoms with Gasteiger partial charge in [0.05, 0.1) is 53.7 Å². The van der Waals surface area contributed by atoms with Crippen molar-refractivity contribution in [1.82, 2.24) is 25.5 Å². The van der Waals surface area contributed by atoms with Crippen LogP contribution < -0.4 is 35.5 Å². The number of aromatic nitrogens is 2. The number of aliphatic hydroxyl groups excluding tert-OH is 1. The van der Waals surface area contributed by atoms with E-state index in [1.807, 2.05) is 52.0 Å². The lowest BCUT2D eigenvalue weighted by Gasteiger charge is -2.35. The quantitative estimate of drug-likeness (QED) is 0.0314. The highest BCUT2D eigenvalue weighted by Gasteiger charge is 2.57. The number of likely N-dealkylation sites (tertiary alicyclic amines) is 1. The summed E-state index contributed by atoms with van der Waals surface area (Å²) in [7, 11) is 1.48. The first-order chi connectivity index (χ1) is 37.9. The van der Waals surface area contributed by atoms with Crippen LogP contribution in [0.15, 0.2) is 96.6 Å². The van der Waals surface area contributed by atoms with Crippen molar-refractivity contribution in [2.75, 3.05) is 51.6 Å². The second kappa shape index (κ2) is 25.5. The van der Waals surface area contributed by atoms with Crippen molar-refractivity contribution in [2.24, 2.45) is 16.6 Å². The van der Waals surface area contributed by atoms with Gasteiger partial charge in [-0.15, -0.1) is 11.3 Å². The third kappa shape index (κ3) is 14.0. The molecule has 4 aromatic carbocycles. The fourth-order valence-electron chi connectivity index (χ4n) is 9.19. The number of nitrogens with two attached hydrogens (primary N) is 1. The zero-order chi connectivity index (χ0) is 56.4. The number of β-amino-alcohol motifs (C(OH)–C–C–N with tert-alkyl or cyclic N) is 1. The summed E-state index contributed by atoms with van der Waals surface area (Å²) in [6.45, 7) is 9.20. The predicted octanol–water partition coefficient (Wildman–Crippen LogP) is 8.07. The number of fused-ring (bicyclic) bond motifs is 1. The van der Waals surface area contributed by atoms with Gasteiger partial charge in [0.25, 0.3) is 0 Å². The van der Waals surface area contributed by atoms with Crippen LogP contribution in [0.1, 0.15) is 70.6 Å². The fourth-order valence-corrected chi connectivity index (χ4v) is 10.00. The highest BCUT2D eigenvalue weighted by Crippen LogP contribution is 2.49. The van der Waals surface area contributed by atoms with Gasteiger partial charge in [0, 0.05) is 81.6 Å². The number of thiazole rings is 1. The van der Waals surface area contributed by atoms with Crippen LogP contribution >= 0.6 is 11.3 Å². The average Bonchev–Trinajstić information content (AvgIpc) is 4.05. The van der Waals surface area contributed by atoms with Crippen LogP contribution in [0.5, 0.6) is 23.0 Å². The molecule has 79 heavy (non-hydrogen) atoms. The number of ether oxygens (including phenoxy) is 5. The molecule has 1 aliphatic carbocycles. The molecule has 1 aliphatic heterocycles. The molecule has 3 atom stereocenters. The van der Waals surface area contributed by atoms with Crippen LogP contribution in [0.25, 0.3) is 21.3 Å². The van der Waals surface area contributed by atoms with E-state index in [1.165, 1.54) is 42.5 Å². The number of hydrogen-bond acceptors (Lipinski definition) is 14. The van der Waals surface area contributed by atoms with E-state index in [4.69, 9.17) is 29.4 Å². The monoisotopic (exact) mass is 1110 g/mol. The van der Waals surface area contributed by atoms with Crippen LogP contribution in [0.2, 0.25) is 0 Å². The Balaban J connectivity index is 0.747. The van der Waals surface area contributed by atoms with Gasteiger partial charge in [-0.1, -0.05) is 45.0 Å². The van der Waals surface area contributed by atoms with Gasteiger partial charge in [0.2, 0.25) is 29.5 Å². The second-order valence-corrected chi connectivity index (χ2v) is 21.4. The largest absolute Gasteiger partial charge is 0.493 e. The Kier molecular flexibility index (Phi) is 18.6. The number of halogens is 2. The number of aliphatic hydroxyl groups is 1. The number of carbonyl (C=O) groups excluding carboxylic acids is 5. The maximum absolute atomic E-state index is 15.9. The Morgan fingerprint density at radius 2 is 1.56 bits per heavy atom. The van der Waals surface area contributed by atoms with Crippen molar-refractivity contribution < 1.29 is 61.5 Å². The molecule has 1 saturated carbocycles. The number of amides is 5. The van der Waals surface area contributed by atoms with Gasteiger partial charge in [-0.2, -0.15) is 0 Å². The third-order valence-electron chi connectivity index (χ3n) is 13.8. The number of primary amides is 1. The van der Waals surface area contributed by atoms with E-state index in [0.29, 0.717) is 55.1 Å². The predicted molar refractivity (Wildman–Crippen MR) is 292 cm³/mol. The van der Waals surface area contributed by atoms with Gasteiger partial charge in [-0.25, -0.2) is 13.8 Å². The van der Waals surface area contributed by atoms with Crippen LogP contribution in [0, 0.1) is 29.4 Å². The Morgan fingerprint density at radius 1 is 0.861 bits per heavy atom. The smallest absolute Gasteiger partial charge is 0.247 e. The lowest BCUT2D eigenvalue weighted by molar-refractivity contribution is -0.144. The number of anilines is 2. The van der Waals surface area contributed by atoms with E-state index in [1.54, 1.807) is 35.0 Å². The highest BCUT2D eigenvalue weighted by atomic mass is 32.1. The second-order valence-electron chi connectivity index (χ2n) is 20.6. The maximum Gasteiger partial charge on any atom is 0.247 e. The lowest BCUT2D eigenvalue weighted by Crippen LogP contribution is -2.57. The minimum atomic E-state index is -1.43. The van der Waals surface area contributed by atoms with Crippen molar-refractivity contribution in [3.8, 4) is 33.4 Å². The van der Waals surface area contributed by atoms with Crippen LogP contribution in [0.4, 0.5) is 20.2 Å². The zero-order valence-corrected chi connectivity index (χ0v) is 45.5. The van der Waals surface area contributed by atoms with E-state index >= 15 is 4.39 Å². The maximum atomic E-state index is 15.9. The Hall–Kier alpha value is -7.59. The molecule has 0 bridgehead atoms. The normalized spacial score (nSPS) is 16.0. The molecule has 2 fully saturated rings. The highest BCUT2D eigenvalue weighted by molar-refractivity contribution is 7.13. The summed E-state index contributed by atoms with van der Waals surface area (Å²) in [6.07, 6.45) is 2.31. The minimum absolute atomic E-state index is 0.00667. The van der Waals surface area contributed by atoms with E-state index in [2.05, 4.69) is 20.6 Å². The van der Waals surface area contributed by atoms with E-state index in [0.717, 1.165) is 44.8 Å². The molecule has 6 aromatic rings. The van der Waals surface area contributed by atoms with Crippen LogP contribution in [-0.4, -0.2) is 114 Å². The Labute approximate surface area is 460 Å². The minimum Gasteiger partial charge on any atom is -0.493 e. The Morgan fingerprint density at radius 3 is 2.20 bits per heavy atom. The van der Waals surface area contributed by atoms with Crippen LogP contribution in [0.3, 0.4) is 0 Å². The standard InChI is InChI=1S/C58H65F2N7O11S/c1-35-51(79-34-64-35)37-10-8-36(9-11-37)32-63-53(70)45-29-41(68)33-66(45)54(71)52(57(2,3)4)65-50(69)19-27-76-24-6-23-75-25-7-26-77-49-31-44-42(30-48(49)74-5)46(18-22-62-44)78-47-17-16-40(28-43(47)60)67(39-14-12-38(59)13-15-39)56(73)58(20-21-58)55(61)72/h8-18,22,28,30-31,34,41,45,52,68H,6-7,19-21,23-27,29,32-33H2,1-5H3,(H2,61,72)(H,63,70)(H,65,69)/t41-,45+,52-/m1/s1. The third-order valence-corrected chi connectivity index (χ3v) is 14.7. The number of nitrogens with zero attached hydrogens (tertiary/aromatic N) is 4. The topological polar surface area (TPSA) is 234 Å². The van der Waals surface area contributed by atoms with Gasteiger partial charge in [-0.05, 0) is 91.3 Å². The number of benzene rings is 4. The molecule has 1 saturated heterocycles. The first-order valence-electron chi connectivity index (χ1n) is 26.0. The summed E-state index contributed by atoms with van der Waals surface area (Å²) >= 11 is 1.56. The van der Waals surface area contributed by atoms with Gasteiger partial charge < -0.3 is 50.1 Å². The summed E-state index contributed by atoms with van der Waals surface area (Å²) in [5.41, 5.74) is 8.93. The molecule has 5 amide bonds. The summed E-state index contributed by atoms with van der Waals surface area (Å²) in [6, 6.07) is 19.8. The molecule has 18 nitrogen and oxygen atoms in total. The number of pyridine rings is 1. The van der Waals surface area contributed by atoms with Crippen LogP contribution in [-0.2, 0) is 40.0 Å². The molecule has 418 valence electrons. The van der Waals surface area contributed by atoms with E-state index in [-0.39, 0.29) is 86.7 Å². The van der Waals surface area contributed by atoms with Crippen molar-refractivity contribution in [2.45, 2.75) is 91.0 Å². The number of aryl methyl sites for hydroxylation is 1. The molecular weight excluding hydrogens is 1040 g/mol. The van der Waals surface area contributed by atoms with Crippen molar-refractivity contribution in [3.05, 3.63) is 120 Å². The molecule has 0 unspecified atom stereocenters. The molecule has 0 radical (unpaired) electrons. The number of hydrogen-bond donors (Lipinski definition) is 4. The first-order valence-corrected chi connectivity index (χ1v) is 26.9. The molecular formula is C58H65F2N7O11S. The lowest BCUT2D eigenvalue weighted by atomic mass is 9.85. The molecule has 0 spiro atoms. The van der Waals surface area contributed by atoms with Crippen molar-refractivity contribution >= 4 is 63.2 Å². The number of carbonyl (C=O) groups is 5. The zero-order valence-electron chi connectivity index (χ0n) is 44.7. The average molecular weight is 1110 g/mol. The number of methoxy groups -OCH3 is 1. The summed E-state index contributed by atoms with van der Waals surface area (Å²) in [4.78, 5) is 79.0. The molecule has 2 aliphatic rings. The SMILES string of the molecule is COc1cc2c(Oc3ccc(N(C(=O)C4(C(N)=O)CC4)c4ccc(F)cc4)cc3F)ccnc2cc1OCCCOCCCOCCC(=O)N[C@H](C(=O)N1C[C@H](O)C[C@H]1C(=O)NCc1ccc(-c2scnc2C)cc1)C(C)(C)C.